The van der Waals surface area contributed by atoms with Crippen LogP contribution in [0.5, 0.6) is 0 Å². The second kappa shape index (κ2) is 41.7. The molecule has 6 nitrogen and oxygen atoms in total. The van der Waals surface area contributed by atoms with E-state index >= 15 is 26.3 Å². The molecule has 19 rings (SSSR count). The van der Waals surface area contributed by atoms with Gasteiger partial charge in [0.2, 0.25) is 16.2 Å². The molecule has 0 unspecified atom stereocenters. The number of aryl methyl sites for hydroxylation is 2. The Hall–Kier alpha value is -15.1. The number of nitrogens with zero attached hydrogens (tertiary/aromatic N) is 2. The Kier molecular flexibility index (Phi) is 29.8. The molecule has 0 atom stereocenters. The molecule has 0 amide bonds. The Morgan fingerprint density at radius 2 is 0.423 bits per heavy atom. The predicted molar refractivity (Wildman–Crippen MR) is 540 cm³/mol. The second-order valence-electron chi connectivity index (χ2n) is 33.2. The van der Waals surface area contributed by atoms with E-state index in [0.717, 1.165) is 145 Å². The Labute approximate surface area is 820 Å². The van der Waals surface area contributed by atoms with Crippen LogP contribution in [0.15, 0.2) is 431 Å². The van der Waals surface area contributed by atoms with Gasteiger partial charge in [-0.2, -0.15) is 79.0 Å². The first-order chi connectivity index (χ1) is 67.6. The molecule has 27 heteroatoms. The van der Waals surface area contributed by atoms with Gasteiger partial charge in [-0.25, -0.2) is 0 Å². The SMILES string of the molecule is Cc1ccc(Cl)cc1.Cc1cccc2ccccc12.FC(F)(F)C(c1ccc(N(c2ccc(Cl)cc2)c2cccc3ccccc23)cc1)(c1ccc(N(c2ccc(Cl)cc2)c2cccc3ccccc23)cc1)C(F)(F)F.FC(F)(F)C(c1ccc(Nc2cccc3ccccc23)cc1)(c1ccc(Nc2cccc3ccccc23)cc1)C(F)(F)F.Nc1ccc(C(c2ccc(N)cc2)(C(F)(F)F)C(F)(F)F)cc1. The number of fused-ring (bicyclic) bond motifs is 5. The van der Waals surface area contributed by atoms with E-state index in [4.69, 9.17) is 46.3 Å². The third-order valence-electron chi connectivity index (χ3n) is 24.3. The van der Waals surface area contributed by atoms with Crippen molar-refractivity contribution in [3.05, 3.63) is 490 Å². The number of hydrogen-bond donors (Lipinski definition) is 4. The molecule has 6 N–H and O–H groups in total. The molecule has 0 fully saturated rings. The number of hydrogen-bond acceptors (Lipinski definition) is 6. The molecular formula is C115H83Cl3F18N6. The number of benzene rings is 19. The van der Waals surface area contributed by atoms with Gasteiger partial charge in [0.15, 0.2) is 0 Å². The first-order valence-corrected chi connectivity index (χ1v) is 45.0. The highest BCUT2D eigenvalue weighted by molar-refractivity contribution is 6.31. The summed E-state index contributed by atoms with van der Waals surface area (Å²) < 4.78 is 263. The minimum absolute atomic E-state index is 0.0595. The van der Waals surface area contributed by atoms with Gasteiger partial charge < -0.3 is 31.9 Å². The monoisotopic (exact) mass is 1990 g/mol. The third kappa shape index (κ3) is 21.0. The fourth-order valence-corrected chi connectivity index (χ4v) is 17.9. The lowest BCUT2D eigenvalue weighted by atomic mass is 9.72. The lowest BCUT2D eigenvalue weighted by Gasteiger charge is -2.39. The fraction of sp³-hybridized carbons (Fsp3) is 0.0957. The first kappa shape index (κ1) is 101. The van der Waals surface area contributed by atoms with Crippen LogP contribution in [-0.4, -0.2) is 37.1 Å². The van der Waals surface area contributed by atoms with E-state index in [-0.39, 0.29) is 11.4 Å². The number of anilines is 12. The summed E-state index contributed by atoms with van der Waals surface area (Å²) in [6.45, 7) is 4.18. The normalized spacial score (nSPS) is 12.1. The molecule has 0 spiro atoms. The van der Waals surface area contributed by atoms with Crippen molar-refractivity contribution in [1.82, 2.24) is 0 Å². The molecular weight excluding hydrogens is 1910 g/mol. The minimum Gasteiger partial charge on any atom is -0.399 e. The summed E-state index contributed by atoms with van der Waals surface area (Å²) in [6, 6.07) is 113. The van der Waals surface area contributed by atoms with E-state index in [1.807, 2.05) is 189 Å². The summed E-state index contributed by atoms with van der Waals surface area (Å²) in [5.74, 6) is 0. The van der Waals surface area contributed by atoms with Gasteiger partial charge in [0.25, 0.3) is 0 Å². The fourth-order valence-electron chi connectivity index (χ4n) is 17.5. The quantitative estimate of drug-likeness (QED) is 0.0570. The van der Waals surface area contributed by atoms with Crippen LogP contribution < -0.4 is 31.9 Å². The molecule has 0 aliphatic rings. The van der Waals surface area contributed by atoms with Gasteiger partial charge in [0.05, 0.1) is 11.4 Å². The molecule has 0 radical (unpaired) electrons. The Balaban J connectivity index is 0.000000155. The lowest BCUT2D eigenvalue weighted by Crippen LogP contribution is -2.54. The molecule has 142 heavy (non-hydrogen) atoms. The van der Waals surface area contributed by atoms with Gasteiger partial charge in [-0.15, -0.1) is 0 Å². The minimum atomic E-state index is -5.79. The molecule has 0 saturated heterocycles. The van der Waals surface area contributed by atoms with E-state index in [0.29, 0.717) is 66.9 Å². The summed E-state index contributed by atoms with van der Waals surface area (Å²) in [5.41, 5.74) is 0.269. The highest BCUT2D eigenvalue weighted by atomic mass is 35.5. The van der Waals surface area contributed by atoms with Crippen molar-refractivity contribution in [2.75, 3.05) is 31.9 Å². The molecule has 19 aromatic carbocycles. The van der Waals surface area contributed by atoms with Crippen LogP contribution in [0.25, 0.3) is 53.9 Å². The molecule has 0 aromatic heterocycles. The standard InChI is InChI=1S/C47H30Cl2F6N2.C35H24F6N2.C15H12F6N2.C11H10.C7H7Cl/c48-35-19-27-39(28-20-35)56(43-13-5-9-31-7-1-3-11-41(31)43)37-23-15-33(16-24-37)45(46(50,51)52,47(53,54)55)34-17-25-38(26-18-34)57(40-29-21-36(49)22-30-40)44-14-6-10-32-8-2-4-12-42(32)44;36-34(37,38)33(35(39,40)41,25-15-19-27(20-16-25)42-31-13-5-9-23-7-1-3-11-29(23)31)26-17-21-28(22-18-26)43-32-14-6-10-24-8-2-4-12-30(24)32;16-14(17,18)13(15(19,20)21,9-1-5-11(22)6-2-9)10-3-7-12(23)8-4-10;1-9-5-4-7-10-6-2-3-8-11(9)10;1-6-2-4-7(8)5-3-6/h1-30H;1-22,42-43H;1-8H,22-23H2;2-8H,1H3;2-5H,1H3. The van der Waals surface area contributed by atoms with E-state index in [1.165, 1.54) is 70.4 Å². The maximum Gasteiger partial charge on any atom is 0.411 e. The van der Waals surface area contributed by atoms with Crippen LogP contribution in [0.1, 0.15) is 44.5 Å². The zero-order valence-corrected chi connectivity index (χ0v) is 77.2. The zero-order chi connectivity index (χ0) is 101. The first-order valence-electron chi connectivity index (χ1n) is 43.9. The topological polar surface area (TPSA) is 82.6 Å². The van der Waals surface area contributed by atoms with Gasteiger partial charge in [-0.1, -0.05) is 313 Å². The molecule has 0 aliphatic heterocycles. The number of nitrogens with two attached hydrogens (primary N) is 2. The smallest absolute Gasteiger partial charge is 0.399 e. The Morgan fingerprint density at radius 3 is 0.697 bits per heavy atom. The van der Waals surface area contributed by atoms with Crippen molar-refractivity contribution < 1.29 is 79.0 Å². The van der Waals surface area contributed by atoms with Crippen molar-refractivity contribution in [3.63, 3.8) is 0 Å². The number of nitrogens with one attached hydrogen (secondary N) is 2. The zero-order valence-electron chi connectivity index (χ0n) is 75.0. The Bertz CT molecular complexity index is 7120. The maximum atomic E-state index is 15.5. The van der Waals surface area contributed by atoms with E-state index < -0.39 is 86.7 Å². The van der Waals surface area contributed by atoms with E-state index in [2.05, 4.69) is 60.0 Å². The van der Waals surface area contributed by atoms with Crippen LogP contribution in [0, 0.1) is 13.8 Å². The largest absolute Gasteiger partial charge is 0.411 e. The van der Waals surface area contributed by atoms with Gasteiger partial charge in [-0.3, -0.25) is 0 Å². The summed E-state index contributed by atoms with van der Waals surface area (Å²) in [6.07, 6.45) is -34.2. The molecule has 0 heterocycles. The van der Waals surface area contributed by atoms with Gasteiger partial charge >= 0.3 is 37.1 Å². The molecule has 0 bridgehead atoms. The van der Waals surface area contributed by atoms with E-state index in [1.54, 1.807) is 70.5 Å². The summed E-state index contributed by atoms with van der Waals surface area (Å²) in [4.78, 5) is 3.55. The lowest BCUT2D eigenvalue weighted by molar-refractivity contribution is -0.290. The molecule has 720 valence electrons. The predicted octanol–water partition coefficient (Wildman–Crippen LogP) is 36.6. The van der Waals surface area contributed by atoms with E-state index in [9.17, 15) is 52.7 Å². The van der Waals surface area contributed by atoms with Crippen molar-refractivity contribution >= 4 is 157 Å². The third-order valence-corrected chi connectivity index (χ3v) is 25.1. The van der Waals surface area contributed by atoms with Crippen molar-refractivity contribution in [2.24, 2.45) is 0 Å². The highest BCUT2D eigenvalue weighted by Crippen LogP contribution is 2.61. The number of halogens is 21. The average molecular weight is 2000 g/mol. The molecule has 0 saturated carbocycles. The number of nitrogen functional groups attached to an aromatic ring is 2. The average Bonchev–Trinajstić information content (AvgIpc) is 0.727. The van der Waals surface area contributed by atoms with Crippen molar-refractivity contribution in [3.8, 4) is 0 Å². The summed E-state index contributed by atoms with van der Waals surface area (Å²) >= 11 is 18.0. The number of rotatable bonds is 16. The van der Waals surface area contributed by atoms with Gasteiger partial charge in [-0.05, 0) is 243 Å². The second-order valence-corrected chi connectivity index (χ2v) is 34.6. The Morgan fingerprint density at radius 1 is 0.211 bits per heavy atom. The summed E-state index contributed by atoms with van der Waals surface area (Å²) in [5, 5.41) is 17.7. The van der Waals surface area contributed by atoms with Crippen molar-refractivity contribution in [2.45, 2.75) is 67.2 Å². The maximum absolute atomic E-state index is 15.5. The van der Waals surface area contributed by atoms with Crippen LogP contribution in [0.3, 0.4) is 0 Å². The van der Waals surface area contributed by atoms with Crippen LogP contribution in [0.2, 0.25) is 15.1 Å². The van der Waals surface area contributed by atoms with Crippen LogP contribution >= 0.6 is 34.8 Å². The van der Waals surface area contributed by atoms with Crippen molar-refractivity contribution in [1.29, 1.82) is 0 Å². The summed E-state index contributed by atoms with van der Waals surface area (Å²) in [7, 11) is 0. The molecule has 19 aromatic rings. The van der Waals surface area contributed by atoms with Gasteiger partial charge in [0.1, 0.15) is 0 Å². The van der Waals surface area contributed by atoms with Crippen LogP contribution in [0.4, 0.5) is 147 Å². The number of alkyl halides is 18. The molecule has 0 aliphatic carbocycles. The van der Waals surface area contributed by atoms with Gasteiger partial charge in [0, 0.05) is 93.5 Å². The highest BCUT2D eigenvalue weighted by Gasteiger charge is 2.75. The van der Waals surface area contributed by atoms with Crippen LogP contribution in [-0.2, 0) is 16.2 Å².